The van der Waals surface area contributed by atoms with Crippen molar-refractivity contribution in [2.45, 2.75) is 19.0 Å². The summed E-state index contributed by atoms with van der Waals surface area (Å²) in [4.78, 5) is 10.9. The Morgan fingerprint density at radius 3 is 2.33 bits per heavy atom. The van der Waals surface area contributed by atoms with Gasteiger partial charge in [0.1, 0.15) is 0 Å². The van der Waals surface area contributed by atoms with E-state index in [1.54, 1.807) is 6.07 Å². The molecule has 0 spiro atoms. The lowest BCUT2D eigenvalue weighted by Crippen LogP contribution is -2.20. The number of alkyl carbamates (subject to hydrolysis) is 1. The van der Waals surface area contributed by atoms with Crippen LogP contribution in [0.5, 0.6) is 0 Å². The molecule has 0 aromatic heterocycles. The third-order valence-electron chi connectivity index (χ3n) is 3.51. The minimum atomic E-state index is -4.33. The molecule has 6 heteroatoms. The van der Waals surface area contributed by atoms with Crippen LogP contribution in [0.1, 0.15) is 22.3 Å². The number of amides is 1. The van der Waals surface area contributed by atoms with Crippen molar-refractivity contribution in [3.8, 4) is 0 Å². The summed E-state index contributed by atoms with van der Waals surface area (Å²) in [6.45, 7) is 0.270. The van der Waals surface area contributed by atoms with Gasteiger partial charge in [0.25, 0.3) is 0 Å². The number of benzene rings is 2. The number of nitrogens with one attached hydrogen (secondary N) is 1. The van der Waals surface area contributed by atoms with Crippen molar-refractivity contribution in [2.24, 2.45) is 0 Å². The molecule has 0 aliphatic heterocycles. The van der Waals surface area contributed by atoms with Crippen LogP contribution in [0.15, 0.2) is 48.5 Å². The SMILES string of the molecule is CNC(=O)OCCc1ccc(Cc2cccc(C(F)(F)F)c2)cc1. The standard InChI is InChI=1S/C18H18F3NO2/c1-22-17(23)24-10-9-13-5-7-14(8-6-13)11-15-3-2-4-16(12-15)18(19,20)21/h2-8,12H,9-11H2,1H3,(H,22,23). The maximum absolute atomic E-state index is 12.7. The van der Waals surface area contributed by atoms with Gasteiger partial charge in [0, 0.05) is 13.5 Å². The highest BCUT2D eigenvalue weighted by Gasteiger charge is 2.30. The van der Waals surface area contributed by atoms with E-state index >= 15 is 0 Å². The van der Waals surface area contributed by atoms with E-state index < -0.39 is 17.8 Å². The molecule has 128 valence electrons. The van der Waals surface area contributed by atoms with E-state index in [4.69, 9.17) is 4.74 Å². The largest absolute Gasteiger partial charge is 0.449 e. The third kappa shape index (κ3) is 5.30. The van der Waals surface area contributed by atoms with E-state index in [1.807, 2.05) is 24.3 Å². The normalized spacial score (nSPS) is 11.2. The first-order valence-electron chi connectivity index (χ1n) is 7.47. The molecule has 1 amide bonds. The lowest BCUT2D eigenvalue weighted by molar-refractivity contribution is -0.137. The van der Waals surface area contributed by atoms with Gasteiger partial charge in [0.05, 0.1) is 12.2 Å². The summed E-state index contributed by atoms with van der Waals surface area (Å²) in [7, 11) is 1.49. The topological polar surface area (TPSA) is 38.3 Å². The minimum absolute atomic E-state index is 0.270. The average molecular weight is 337 g/mol. The van der Waals surface area contributed by atoms with Crippen LogP contribution in [0.25, 0.3) is 0 Å². The number of halogens is 3. The van der Waals surface area contributed by atoms with Crippen molar-refractivity contribution in [3.63, 3.8) is 0 Å². The Morgan fingerprint density at radius 2 is 1.71 bits per heavy atom. The molecule has 1 N–H and O–H groups in total. The molecule has 2 aromatic carbocycles. The first-order valence-corrected chi connectivity index (χ1v) is 7.47. The maximum atomic E-state index is 12.7. The Bertz CT molecular complexity index is 681. The molecule has 0 fully saturated rings. The number of carbonyl (C=O) groups is 1. The number of carbonyl (C=O) groups excluding carboxylic acids is 1. The first-order chi connectivity index (χ1) is 11.4. The molecule has 0 heterocycles. The fraction of sp³-hybridized carbons (Fsp3) is 0.278. The minimum Gasteiger partial charge on any atom is -0.449 e. The molecule has 0 saturated heterocycles. The van der Waals surface area contributed by atoms with Crippen molar-refractivity contribution < 1.29 is 22.7 Å². The number of alkyl halides is 3. The van der Waals surface area contributed by atoms with Crippen LogP contribution < -0.4 is 5.32 Å². The third-order valence-corrected chi connectivity index (χ3v) is 3.51. The number of hydrogen-bond donors (Lipinski definition) is 1. The summed E-state index contributed by atoms with van der Waals surface area (Å²) in [5.74, 6) is 0. The van der Waals surface area contributed by atoms with Crippen molar-refractivity contribution in [2.75, 3.05) is 13.7 Å². The second-order valence-electron chi connectivity index (χ2n) is 5.33. The summed E-state index contributed by atoms with van der Waals surface area (Å²) >= 11 is 0. The molecule has 0 radical (unpaired) electrons. The van der Waals surface area contributed by atoms with E-state index in [2.05, 4.69) is 5.32 Å². The second kappa shape index (κ2) is 7.86. The van der Waals surface area contributed by atoms with Crippen LogP contribution in [0.3, 0.4) is 0 Å². The van der Waals surface area contributed by atoms with Crippen molar-refractivity contribution in [1.82, 2.24) is 5.32 Å². The molecule has 0 aliphatic rings. The molecule has 2 rings (SSSR count). The van der Waals surface area contributed by atoms with E-state index in [9.17, 15) is 18.0 Å². The van der Waals surface area contributed by atoms with Crippen LogP contribution in [0, 0.1) is 0 Å². The highest BCUT2D eigenvalue weighted by atomic mass is 19.4. The molecule has 2 aromatic rings. The zero-order valence-electron chi connectivity index (χ0n) is 13.2. The van der Waals surface area contributed by atoms with Crippen molar-refractivity contribution in [3.05, 3.63) is 70.8 Å². The summed E-state index contributed by atoms with van der Waals surface area (Å²) in [5, 5.41) is 2.36. The van der Waals surface area contributed by atoms with Crippen LogP contribution >= 0.6 is 0 Å². The van der Waals surface area contributed by atoms with Crippen molar-refractivity contribution in [1.29, 1.82) is 0 Å². The van der Waals surface area contributed by atoms with E-state index in [0.717, 1.165) is 17.2 Å². The smallest absolute Gasteiger partial charge is 0.416 e. The first kappa shape index (κ1) is 17.8. The summed E-state index contributed by atoms with van der Waals surface area (Å²) in [6.07, 6.45) is -3.79. The zero-order chi connectivity index (χ0) is 17.6. The Balaban J connectivity index is 1.95. The van der Waals surface area contributed by atoms with Gasteiger partial charge in [0.15, 0.2) is 0 Å². The van der Waals surface area contributed by atoms with Gasteiger partial charge in [-0.25, -0.2) is 4.79 Å². The van der Waals surface area contributed by atoms with Crippen LogP contribution in [0.2, 0.25) is 0 Å². The summed E-state index contributed by atoms with van der Waals surface area (Å²) in [5.41, 5.74) is 1.89. The van der Waals surface area contributed by atoms with Gasteiger partial charge in [-0.2, -0.15) is 13.2 Å². The molecule has 0 aliphatic carbocycles. The molecule has 3 nitrogen and oxygen atoms in total. The van der Waals surface area contributed by atoms with E-state index in [1.165, 1.54) is 19.2 Å². The van der Waals surface area contributed by atoms with E-state index in [0.29, 0.717) is 18.4 Å². The fourth-order valence-electron chi connectivity index (χ4n) is 2.25. The van der Waals surface area contributed by atoms with Crippen LogP contribution in [-0.2, 0) is 23.8 Å². The van der Waals surface area contributed by atoms with Gasteiger partial charge in [-0.3, -0.25) is 0 Å². The molecule has 24 heavy (non-hydrogen) atoms. The monoisotopic (exact) mass is 337 g/mol. The van der Waals surface area contributed by atoms with Gasteiger partial charge in [-0.15, -0.1) is 0 Å². The zero-order valence-corrected chi connectivity index (χ0v) is 13.2. The van der Waals surface area contributed by atoms with Crippen molar-refractivity contribution >= 4 is 6.09 Å². The molecule has 0 bridgehead atoms. The maximum Gasteiger partial charge on any atom is 0.416 e. The van der Waals surface area contributed by atoms with Crippen LogP contribution in [0.4, 0.5) is 18.0 Å². The van der Waals surface area contributed by atoms with Gasteiger partial charge in [0.2, 0.25) is 0 Å². The summed E-state index contributed by atoms with van der Waals surface area (Å²) < 4.78 is 43.1. The van der Waals surface area contributed by atoms with Gasteiger partial charge in [-0.1, -0.05) is 42.5 Å². The molecular weight excluding hydrogens is 319 g/mol. The van der Waals surface area contributed by atoms with Gasteiger partial charge in [-0.05, 0) is 29.2 Å². The highest BCUT2D eigenvalue weighted by molar-refractivity contribution is 5.66. The number of rotatable bonds is 5. The van der Waals surface area contributed by atoms with Gasteiger partial charge >= 0.3 is 12.3 Å². The van der Waals surface area contributed by atoms with Gasteiger partial charge < -0.3 is 10.1 Å². The molecule has 0 unspecified atom stereocenters. The fourth-order valence-corrected chi connectivity index (χ4v) is 2.25. The molecule has 0 atom stereocenters. The highest BCUT2D eigenvalue weighted by Crippen LogP contribution is 2.30. The second-order valence-corrected chi connectivity index (χ2v) is 5.33. The Hall–Kier alpha value is -2.50. The molecular formula is C18H18F3NO2. The number of ether oxygens (including phenoxy) is 1. The Labute approximate surface area is 138 Å². The predicted molar refractivity (Wildman–Crippen MR) is 84.8 cm³/mol. The Kier molecular flexibility index (Phi) is 5.84. The quantitative estimate of drug-likeness (QED) is 0.888. The summed E-state index contributed by atoms with van der Waals surface area (Å²) in [6, 6.07) is 12.9. The van der Waals surface area contributed by atoms with E-state index in [-0.39, 0.29) is 6.61 Å². The predicted octanol–water partition coefficient (Wildman–Crippen LogP) is 4.19. The molecule has 0 saturated carbocycles. The lowest BCUT2D eigenvalue weighted by Gasteiger charge is -2.09. The average Bonchev–Trinajstić information content (AvgIpc) is 2.56. The van der Waals surface area contributed by atoms with Crippen LogP contribution in [-0.4, -0.2) is 19.7 Å². The lowest BCUT2D eigenvalue weighted by atomic mass is 10.0. The Morgan fingerprint density at radius 1 is 1.04 bits per heavy atom. The number of hydrogen-bond acceptors (Lipinski definition) is 2.